The van der Waals surface area contributed by atoms with Crippen molar-refractivity contribution in [1.82, 2.24) is 9.88 Å². The van der Waals surface area contributed by atoms with Crippen LogP contribution in [0, 0.1) is 13.8 Å². The minimum atomic E-state index is -0.0333. The first-order chi connectivity index (χ1) is 12.1. The van der Waals surface area contributed by atoms with Crippen molar-refractivity contribution in [3.8, 4) is 5.75 Å². The molecule has 1 fully saturated rings. The van der Waals surface area contributed by atoms with Gasteiger partial charge in [-0.3, -0.25) is 4.79 Å². The fourth-order valence-corrected chi connectivity index (χ4v) is 3.79. The molecule has 134 valence electrons. The van der Waals surface area contributed by atoms with Gasteiger partial charge in [0.25, 0.3) is 5.91 Å². The minimum absolute atomic E-state index is 0.0333. The van der Waals surface area contributed by atoms with Gasteiger partial charge in [-0.05, 0) is 38.8 Å². The maximum Gasteiger partial charge on any atom is 0.273 e. The minimum Gasteiger partial charge on any atom is -0.492 e. The molecule has 0 N–H and O–H groups in total. The van der Waals surface area contributed by atoms with Crippen molar-refractivity contribution in [3.05, 3.63) is 45.9 Å². The molecule has 1 amide bonds. The van der Waals surface area contributed by atoms with E-state index in [-0.39, 0.29) is 12.0 Å². The van der Waals surface area contributed by atoms with Gasteiger partial charge in [-0.1, -0.05) is 18.2 Å². The fourth-order valence-electron chi connectivity index (χ4n) is 2.98. The Labute approximate surface area is 152 Å². The van der Waals surface area contributed by atoms with Crippen LogP contribution in [-0.2, 0) is 4.74 Å². The van der Waals surface area contributed by atoms with E-state index >= 15 is 0 Å². The maximum absolute atomic E-state index is 13.0. The van der Waals surface area contributed by atoms with Gasteiger partial charge in [-0.2, -0.15) is 0 Å². The molecule has 1 atom stereocenters. The molecule has 25 heavy (non-hydrogen) atoms. The highest BCUT2D eigenvalue weighted by molar-refractivity contribution is 7.11. The molecule has 0 radical (unpaired) electrons. The summed E-state index contributed by atoms with van der Waals surface area (Å²) in [6.07, 6.45) is 2.17. The number of aromatic nitrogens is 1. The largest absolute Gasteiger partial charge is 0.492 e. The van der Waals surface area contributed by atoms with Crippen LogP contribution in [0.4, 0.5) is 0 Å². The Kier molecular flexibility index (Phi) is 6.04. The van der Waals surface area contributed by atoms with E-state index in [1.54, 1.807) is 11.3 Å². The molecule has 1 aromatic heterocycles. The Hall–Kier alpha value is -1.92. The number of thiazole rings is 1. The Morgan fingerprint density at radius 1 is 1.36 bits per heavy atom. The van der Waals surface area contributed by atoms with Crippen molar-refractivity contribution in [3.63, 3.8) is 0 Å². The van der Waals surface area contributed by atoms with Crippen molar-refractivity contribution in [1.29, 1.82) is 0 Å². The van der Waals surface area contributed by atoms with Crippen LogP contribution in [-0.4, -0.2) is 48.2 Å². The highest BCUT2D eigenvalue weighted by Gasteiger charge is 2.26. The number of hydrogen-bond donors (Lipinski definition) is 0. The van der Waals surface area contributed by atoms with Gasteiger partial charge in [0, 0.05) is 18.0 Å². The smallest absolute Gasteiger partial charge is 0.273 e. The third-order valence-corrected chi connectivity index (χ3v) is 5.10. The van der Waals surface area contributed by atoms with Crippen LogP contribution in [0.15, 0.2) is 30.3 Å². The van der Waals surface area contributed by atoms with E-state index in [1.165, 1.54) is 0 Å². The summed E-state index contributed by atoms with van der Waals surface area (Å²) >= 11 is 1.56. The highest BCUT2D eigenvalue weighted by Crippen LogP contribution is 2.20. The molecule has 0 spiro atoms. The molecule has 1 aromatic carbocycles. The summed E-state index contributed by atoms with van der Waals surface area (Å²) in [4.78, 5) is 20.2. The molecule has 0 aliphatic carbocycles. The van der Waals surface area contributed by atoms with E-state index in [0.29, 0.717) is 25.4 Å². The number of rotatable bonds is 7. The summed E-state index contributed by atoms with van der Waals surface area (Å²) in [6, 6.07) is 9.66. The van der Waals surface area contributed by atoms with E-state index in [2.05, 4.69) is 4.98 Å². The molecule has 0 unspecified atom stereocenters. The zero-order valence-electron chi connectivity index (χ0n) is 14.7. The van der Waals surface area contributed by atoms with E-state index in [4.69, 9.17) is 9.47 Å². The lowest BCUT2D eigenvalue weighted by atomic mass is 10.2. The molecule has 6 heteroatoms. The first-order valence-electron chi connectivity index (χ1n) is 8.66. The molecular weight excluding hydrogens is 336 g/mol. The standard InChI is InChI=1S/C19H24N2O3S/c1-14-18(20-15(2)25-14)19(22)21(13-17-9-6-11-23-17)10-12-24-16-7-4-3-5-8-16/h3-5,7-8,17H,6,9-13H2,1-2H3/t17-/m0/s1. The predicted octanol–water partition coefficient (Wildman–Crippen LogP) is 3.46. The van der Waals surface area contributed by atoms with Gasteiger partial charge in [0.1, 0.15) is 18.1 Å². The summed E-state index contributed by atoms with van der Waals surface area (Å²) in [7, 11) is 0. The number of carbonyl (C=O) groups is 1. The number of hydrogen-bond acceptors (Lipinski definition) is 5. The zero-order chi connectivity index (χ0) is 17.6. The zero-order valence-corrected chi connectivity index (χ0v) is 15.6. The Bertz CT molecular complexity index is 696. The lowest BCUT2D eigenvalue weighted by Gasteiger charge is -2.25. The monoisotopic (exact) mass is 360 g/mol. The van der Waals surface area contributed by atoms with Gasteiger partial charge in [0.05, 0.1) is 17.7 Å². The first kappa shape index (κ1) is 17.9. The van der Waals surface area contributed by atoms with Gasteiger partial charge in [-0.15, -0.1) is 11.3 Å². The fraction of sp³-hybridized carbons (Fsp3) is 0.474. The normalized spacial score (nSPS) is 16.8. The van der Waals surface area contributed by atoms with Crippen molar-refractivity contribution in [2.24, 2.45) is 0 Å². The number of carbonyl (C=O) groups excluding carboxylic acids is 1. The number of nitrogens with zero attached hydrogens (tertiary/aromatic N) is 2. The van der Waals surface area contributed by atoms with Crippen LogP contribution in [0.5, 0.6) is 5.75 Å². The second-order valence-electron chi connectivity index (χ2n) is 6.19. The topological polar surface area (TPSA) is 51.7 Å². The van der Waals surface area contributed by atoms with Crippen molar-refractivity contribution >= 4 is 17.2 Å². The van der Waals surface area contributed by atoms with Gasteiger partial charge < -0.3 is 14.4 Å². The van der Waals surface area contributed by atoms with E-state index in [0.717, 1.165) is 35.1 Å². The maximum atomic E-state index is 13.0. The summed E-state index contributed by atoms with van der Waals surface area (Å²) in [5, 5.41) is 0.915. The first-order valence-corrected chi connectivity index (χ1v) is 9.48. The molecule has 0 saturated carbocycles. The van der Waals surface area contributed by atoms with E-state index in [9.17, 15) is 4.79 Å². The molecule has 2 heterocycles. The number of para-hydroxylation sites is 1. The second-order valence-corrected chi connectivity index (χ2v) is 7.59. The van der Waals surface area contributed by atoms with Crippen LogP contribution >= 0.6 is 11.3 Å². The summed E-state index contributed by atoms with van der Waals surface area (Å²) in [5.74, 6) is 0.779. The second kappa shape index (κ2) is 8.45. The van der Waals surface area contributed by atoms with Gasteiger partial charge in [0.15, 0.2) is 0 Å². The molecule has 1 saturated heterocycles. The third-order valence-electron chi connectivity index (χ3n) is 4.21. The lowest BCUT2D eigenvalue weighted by Crippen LogP contribution is -2.40. The molecule has 1 aliphatic heterocycles. The van der Waals surface area contributed by atoms with Crippen molar-refractivity contribution in [2.45, 2.75) is 32.8 Å². The van der Waals surface area contributed by atoms with Gasteiger partial charge in [-0.25, -0.2) is 4.98 Å². The summed E-state index contributed by atoms with van der Waals surface area (Å²) < 4.78 is 11.5. The number of aryl methyl sites for hydroxylation is 2. The third kappa shape index (κ3) is 4.80. The predicted molar refractivity (Wildman–Crippen MR) is 98.4 cm³/mol. The average Bonchev–Trinajstić information content (AvgIpc) is 3.23. The Morgan fingerprint density at radius 3 is 2.80 bits per heavy atom. The van der Waals surface area contributed by atoms with Crippen molar-refractivity contribution < 1.29 is 14.3 Å². The SMILES string of the molecule is Cc1nc(C(=O)N(CCOc2ccccc2)C[C@@H]2CCCO2)c(C)s1. The number of benzene rings is 1. The van der Waals surface area contributed by atoms with Crippen LogP contribution in [0.2, 0.25) is 0 Å². The Morgan fingerprint density at radius 2 is 2.16 bits per heavy atom. The molecule has 0 bridgehead atoms. The molecule has 1 aliphatic rings. The van der Waals surface area contributed by atoms with Crippen LogP contribution in [0.3, 0.4) is 0 Å². The van der Waals surface area contributed by atoms with Gasteiger partial charge >= 0.3 is 0 Å². The van der Waals surface area contributed by atoms with Crippen LogP contribution in [0.1, 0.15) is 33.2 Å². The van der Waals surface area contributed by atoms with Crippen LogP contribution < -0.4 is 4.74 Å². The van der Waals surface area contributed by atoms with E-state index in [1.807, 2.05) is 49.1 Å². The van der Waals surface area contributed by atoms with E-state index < -0.39 is 0 Å². The molecule has 2 aromatic rings. The molecule has 5 nitrogen and oxygen atoms in total. The number of amides is 1. The number of ether oxygens (including phenoxy) is 2. The summed E-state index contributed by atoms with van der Waals surface area (Å²) in [6.45, 7) is 6.21. The quantitative estimate of drug-likeness (QED) is 0.759. The highest BCUT2D eigenvalue weighted by atomic mass is 32.1. The average molecular weight is 360 g/mol. The molecule has 3 rings (SSSR count). The van der Waals surface area contributed by atoms with Crippen molar-refractivity contribution in [2.75, 3.05) is 26.3 Å². The van der Waals surface area contributed by atoms with Crippen LogP contribution in [0.25, 0.3) is 0 Å². The van der Waals surface area contributed by atoms with Gasteiger partial charge in [0.2, 0.25) is 0 Å². The summed E-state index contributed by atoms with van der Waals surface area (Å²) in [5.41, 5.74) is 0.556. The molecular formula is C19H24N2O3S. The Balaban J connectivity index is 1.65. The lowest BCUT2D eigenvalue weighted by molar-refractivity contribution is 0.0489.